The lowest BCUT2D eigenvalue weighted by Gasteiger charge is -2.17. The molecule has 30 heavy (non-hydrogen) atoms. The number of benzene rings is 2. The molecule has 3 rings (SSSR count). The van der Waals surface area contributed by atoms with E-state index in [2.05, 4.69) is 12.2 Å². The van der Waals surface area contributed by atoms with Crippen LogP contribution in [0.15, 0.2) is 42.5 Å². The fourth-order valence-corrected chi connectivity index (χ4v) is 3.28. The van der Waals surface area contributed by atoms with Crippen LogP contribution in [0.5, 0.6) is 0 Å². The maximum atomic E-state index is 13.5. The summed E-state index contributed by atoms with van der Waals surface area (Å²) in [4.78, 5) is 38.1. The molecule has 0 bridgehead atoms. The Morgan fingerprint density at radius 3 is 2.53 bits per heavy atom. The van der Waals surface area contributed by atoms with E-state index < -0.39 is 24.4 Å². The summed E-state index contributed by atoms with van der Waals surface area (Å²) in [5.74, 6) is -2.16. The quantitative estimate of drug-likeness (QED) is 0.710. The van der Waals surface area contributed by atoms with E-state index in [4.69, 9.17) is 4.74 Å². The molecule has 158 valence electrons. The largest absolute Gasteiger partial charge is 0.455 e. The van der Waals surface area contributed by atoms with E-state index in [1.165, 1.54) is 11.6 Å². The Kier molecular flexibility index (Phi) is 6.82. The average molecular weight is 412 g/mol. The van der Waals surface area contributed by atoms with E-state index in [1.54, 1.807) is 24.0 Å². The molecular weight excluding hydrogens is 387 g/mol. The molecule has 1 aliphatic heterocycles. The Balaban J connectivity index is 1.46. The van der Waals surface area contributed by atoms with Crippen LogP contribution in [0, 0.1) is 18.7 Å². The minimum atomic E-state index is -0.609. The van der Waals surface area contributed by atoms with Crippen molar-refractivity contribution < 1.29 is 23.5 Å². The number of carbonyl (C=O) groups excluding carboxylic acids is 3. The van der Waals surface area contributed by atoms with Gasteiger partial charge in [-0.15, -0.1) is 0 Å². The molecular formula is C23H25FN2O4. The van der Waals surface area contributed by atoms with Crippen molar-refractivity contribution in [3.63, 3.8) is 0 Å². The minimum Gasteiger partial charge on any atom is -0.455 e. The molecule has 1 heterocycles. The van der Waals surface area contributed by atoms with Crippen molar-refractivity contribution in [2.45, 2.75) is 33.2 Å². The summed E-state index contributed by atoms with van der Waals surface area (Å²) in [7, 11) is 0. The standard InChI is InChI=1S/C23H25FN2O4/c1-3-16-6-8-19(9-7-16)26-13-18(11-22(26)28)23(29)30-14-21(27)25-12-17-5-4-15(2)20(24)10-17/h4-10,18H,3,11-14H2,1-2H3,(H,25,27). The molecule has 0 aromatic heterocycles. The van der Waals surface area contributed by atoms with E-state index in [1.807, 2.05) is 24.3 Å². The Morgan fingerprint density at radius 1 is 1.17 bits per heavy atom. The topological polar surface area (TPSA) is 75.7 Å². The van der Waals surface area contributed by atoms with E-state index in [-0.39, 0.29) is 31.2 Å². The summed E-state index contributed by atoms with van der Waals surface area (Å²) in [6.07, 6.45) is 0.961. The number of halogens is 1. The van der Waals surface area contributed by atoms with Gasteiger partial charge in [-0.1, -0.05) is 31.2 Å². The van der Waals surface area contributed by atoms with Crippen molar-refractivity contribution in [1.29, 1.82) is 0 Å². The molecule has 0 radical (unpaired) electrons. The van der Waals surface area contributed by atoms with Gasteiger partial charge in [-0.2, -0.15) is 0 Å². The lowest BCUT2D eigenvalue weighted by atomic mass is 10.1. The van der Waals surface area contributed by atoms with Crippen LogP contribution in [0.1, 0.15) is 30.0 Å². The summed E-state index contributed by atoms with van der Waals surface area (Å²) >= 11 is 0. The molecule has 0 saturated carbocycles. The number of carbonyl (C=O) groups is 3. The number of esters is 1. The van der Waals surface area contributed by atoms with Crippen molar-refractivity contribution in [3.05, 3.63) is 65.0 Å². The monoisotopic (exact) mass is 412 g/mol. The first-order valence-corrected chi connectivity index (χ1v) is 9.95. The zero-order valence-corrected chi connectivity index (χ0v) is 17.1. The predicted octanol–water partition coefficient (Wildman–Crippen LogP) is 2.91. The highest BCUT2D eigenvalue weighted by Gasteiger charge is 2.36. The first kappa shape index (κ1) is 21.5. The summed E-state index contributed by atoms with van der Waals surface area (Å²) in [6.45, 7) is 3.64. The van der Waals surface area contributed by atoms with E-state index in [0.717, 1.165) is 12.1 Å². The smallest absolute Gasteiger partial charge is 0.311 e. The number of anilines is 1. The highest BCUT2D eigenvalue weighted by atomic mass is 19.1. The molecule has 0 aliphatic carbocycles. The molecule has 6 nitrogen and oxygen atoms in total. The van der Waals surface area contributed by atoms with Gasteiger partial charge in [-0.3, -0.25) is 14.4 Å². The molecule has 2 aromatic carbocycles. The third-order valence-electron chi connectivity index (χ3n) is 5.19. The number of hydrogen-bond donors (Lipinski definition) is 1. The second kappa shape index (κ2) is 9.52. The van der Waals surface area contributed by atoms with Gasteiger partial charge < -0.3 is 15.0 Å². The number of aryl methyl sites for hydroxylation is 2. The third-order valence-corrected chi connectivity index (χ3v) is 5.19. The van der Waals surface area contributed by atoms with Crippen LogP contribution in [-0.4, -0.2) is 30.9 Å². The zero-order chi connectivity index (χ0) is 21.7. The van der Waals surface area contributed by atoms with Crippen molar-refractivity contribution in [3.8, 4) is 0 Å². The van der Waals surface area contributed by atoms with Crippen LogP contribution >= 0.6 is 0 Å². The van der Waals surface area contributed by atoms with Crippen molar-refractivity contribution >= 4 is 23.5 Å². The third kappa shape index (κ3) is 5.23. The van der Waals surface area contributed by atoms with Crippen LogP contribution in [-0.2, 0) is 32.1 Å². The molecule has 2 aromatic rings. The van der Waals surface area contributed by atoms with E-state index in [0.29, 0.717) is 11.1 Å². The van der Waals surface area contributed by atoms with Crippen LogP contribution in [0.2, 0.25) is 0 Å². The first-order chi connectivity index (χ1) is 14.4. The number of nitrogens with one attached hydrogen (secondary N) is 1. The van der Waals surface area contributed by atoms with Crippen molar-refractivity contribution in [2.24, 2.45) is 5.92 Å². The number of ether oxygens (including phenoxy) is 1. The number of rotatable bonds is 7. The van der Waals surface area contributed by atoms with Crippen LogP contribution in [0.3, 0.4) is 0 Å². The number of nitrogens with zero attached hydrogens (tertiary/aromatic N) is 1. The summed E-state index contributed by atoms with van der Waals surface area (Å²) in [5, 5.41) is 2.59. The Hall–Kier alpha value is -3.22. The second-order valence-electron chi connectivity index (χ2n) is 7.39. The fraction of sp³-hybridized carbons (Fsp3) is 0.348. The lowest BCUT2D eigenvalue weighted by molar-refractivity contribution is -0.152. The van der Waals surface area contributed by atoms with Crippen LogP contribution in [0.25, 0.3) is 0 Å². The van der Waals surface area contributed by atoms with Crippen molar-refractivity contribution in [1.82, 2.24) is 5.32 Å². The molecule has 1 saturated heterocycles. The van der Waals surface area contributed by atoms with Gasteiger partial charge in [-0.25, -0.2) is 4.39 Å². The highest BCUT2D eigenvalue weighted by molar-refractivity contribution is 5.99. The normalized spacial score (nSPS) is 15.9. The van der Waals surface area contributed by atoms with Gasteiger partial charge in [0.1, 0.15) is 5.82 Å². The Morgan fingerprint density at radius 2 is 1.87 bits per heavy atom. The maximum Gasteiger partial charge on any atom is 0.311 e. The fourth-order valence-electron chi connectivity index (χ4n) is 3.28. The molecule has 1 unspecified atom stereocenters. The predicted molar refractivity (Wildman–Crippen MR) is 110 cm³/mol. The molecule has 1 N–H and O–H groups in total. The first-order valence-electron chi connectivity index (χ1n) is 9.95. The van der Waals surface area contributed by atoms with Crippen molar-refractivity contribution in [2.75, 3.05) is 18.1 Å². The van der Waals surface area contributed by atoms with Gasteiger partial charge in [-0.05, 0) is 48.2 Å². The molecule has 2 amide bonds. The average Bonchev–Trinajstić information content (AvgIpc) is 3.14. The maximum absolute atomic E-state index is 13.5. The van der Waals surface area contributed by atoms with Crippen LogP contribution < -0.4 is 10.2 Å². The molecule has 1 atom stereocenters. The summed E-state index contributed by atoms with van der Waals surface area (Å²) < 4.78 is 18.6. The molecule has 1 fully saturated rings. The molecule has 7 heteroatoms. The zero-order valence-electron chi connectivity index (χ0n) is 17.1. The Labute approximate surface area is 175 Å². The Bertz CT molecular complexity index is 943. The van der Waals surface area contributed by atoms with Gasteiger partial charge in [0, 0.05) is 25.2 Å². The van der Waals surface area contributed by atoms with Crippen LogP contribution in [0.4, 0.5) is 10.1 Å². The SMILES string of the molecule is CCc1ccc(N2CC(C(=O)OCC(=O)NCc3ccc(C)c(F)c3)CC2=O)cc1. The molecule has 1 aliphatic rings. The van der Waals surface area contributed by atoms with E-state index >= 15 is 0 Å². The van der Waals surface area contributed by atoms with Gasteiger partial charge in [0.2, 0.25) is 5.91 Å². The van der Waals surface area contributed by atoms with Gasteiger partial charge in [0.05, 0.1) is 5.92 Å². The van der Waals surface area contributed by atoms with E-state index in [9.17, 15) is 18.8 Å². The van der Waals surface area contributed by atoms with Gasteiger partial charge in [0.15, 0.2) is 6.61 Å². The number of hydrogen-bond acceptors (Lipinski definition) is 4. The summed E-state index contributed by atoms with van der Waals surface area (Å²) in [5.41, 5.74) is 3.06. The molecule has 0 spiro atoms. The van der Waals surface area contributed by atoms with Gasteiger partial charge >= 0.3 is 5.97 Å². The lowest BCUT2D eigenvalue weighted by Crippen LogP contribution is -2.31. The highest BCUT2D eigenvalue weighted by Crippen LogP contribution is 2.26. The summed E-state index contributed by atoms with van der Waals surface area (Å²) in [6, 6.07) is 12.4. The second-order valence-corrected chi connectivity index (χ2v) is 7.39. The van der Waals surface area contributed by atoms with Gasteiger partial charge in [0.25, 0.3) is 5.91 Å². The number of amides is 2. The minimum absolute atomic E-state index is 0.0542.